The molecule has 0 bridgehead atoms. The van der Waals surface area contributed by atoms with Gasteiger partial charge in [-0.05, 0) is 22.3 Å². The third kappa shape index (κ3) is 8.93. The van der Waals surface area contributed by atoms with Crippen molar-refractivity contribution in [2.75, 3.05) is 6.61 Å². The maximum atomic E-state index is 6.63. The quantitative estimate of drug-likeness (QED) is 0.135. The van der Waals surface area contributed by atoms with Gasteiger partial charge in [0.25, 0.3) is 0 Å². The molecule has 0 aromatic heterocycles. The topological polar surface area (TPSA) is 55.4 Å². The lowest BCUT2D eigenvalue weighted by atomic mass is 9.98. The first-order valence-electron chi connectivity index (χ1n) is 13.8. The lowest BCUT2D eigenvalue weighted by Gasteiger charge is -2.45. The first-order chi connectivity index (χ1) is 20.3. The maximum Gasteiger partial charge on any atom is 0.198 e. The van der Waals surface area contributed by atoms with Crippen molar-refractivity contribution in [2.45, 2.75) is 57.1 Å². The Morgan fingerprint density at radius 1 is 0.488 bits per heavy atom. The molecule has 0 spiro atoms. The van der Waals surface area contributed by atoms with E-state index in [0.29, 0.717) is 33.0 Å². The van der Waals surface area contributed by atoms with Crippen LogP contribution in [-0.4, -0.2) is 37.3 Å². The van der Waals surface area contributed by atoms with Crippen molar-refractivity contribution in [3.05, 3.63) is 144 Å². The molecular weight excluding hydrogens is 631 g/mol. The summed E-state index contributed by atoms with van der Waals surface area (Å²) in [6.45, 7) is 1.95. The fourth-order valence-electron chi connectivity index (χ4n) is 4.82. The fraction of sp³-hybridized carbons (Fsp3) is 0.294. The molecule has 1 heterocycles. The average molecular weight is 667 g/mol. The largest absolute Gasteiger partial charge is 0.374 e. The average Bonchev–Trinajstić information content (AvgIpc) is 3.04. The number of hydrogen-bond donors (Lipinski definition) is 0. The summed E-state index contributed by atoms with van der Waals surface area (Å²) in [5.41, 5.74) is 4.27. The van der Waals surface area contributed by atoms with Crippen LogP contribution in [0.25, 0.3) is 0 Å². The van der Waals surface area contributed by atoms with Gasteiger partial charge >= 0.3 is 0 Å². The molecule has 214 valence electrons. The predicted octanol–water partition coefficient (Wildman–Crippen LogP) is 7.05. The number of benzene rings is 4. The molecule has 1 fully saturated rings. The second-order valence-electron chi connectivity index (χ2n) is 9.92. The van der Waals surface area contributed by atoms with Crippen molar-refractivity contribution in [1.82, 2.24) is 0 Å². The standard InChI is InChI=1S/C34H35IO6/c35-41-34-33(39-24-29-19-11-4-12-20-29)32(38-23-28-17-9-3-10-18-28)31(37-22-27-15-7-2-8-16-27)30(40-34)25-36-21-26-13-5-1-6-14-26/h1-20,30-34H,21-25H2/t30-,31-,32+,33+,34-/m1/s1. The first-order valence-corrected chi connectivity index (χ1v) is 14.7. The number of ether oxygens (including phenoxy) is 5. The Bertz CT molecular complexity index is 1260. The molecule has 5 atom stereocenters. The van der Waals surface area contributed by atoms with Gasteiger partial charge in [0.05, 0.1) is 33.0 Å². The Kier molecular flexibility index (Phi) is 11.7. The van der Waals surface area contributed by atoms with Crippen LogP contribution in [0.2, 0.25) is 0 Å². The third-order valence-corrected chi connectivity index (χ3v) is 7.43. The van der Waals surface area contributed by atoms with Crippen LogP contribution in [0, 0.1) is 0 Å². The summed E-state index contributed by atoms with van der Waals surface area (Å²) in [4.78, 5) is 0. The minimum absolute atomic E-state index is 0.307. The van der Waals surface area contributed by atoms with Gasteiger partial charge in [0.15, 0.2) is 6.29 Å². The zero-order valence-electron chi connectivity index (χ0n) is 22.8. The summed E-state index contributed by atoms with van der Waals surface area (Å²) in [5.74, 6) is 0. The lowest BCUT2D eigenvalue weighted by Crippen LogP contribution is -2.61. The molecular formula is C34H35IO6. The normalized spacial score (nSPS) is 22.4. The van der Waals surface area contributed by atoms with Crippen molar-refractivity contribution in [1.29, 1.82) is 0 Å². The van der Waals surface area contributed by atoms with Crippen molar-refractivity contribution in [3.63, 3.8) is 0 Å². The van der Waals surface area contributed by atoms with Gasteiger partial charge < -0.3 is 23.7 Å². The SMILES string of the molecule is IO[C@H]1O[C@H](COCc2ccccc2)[C@@H](OCc2ccccc2)[C@H](OCc2ccccc2)[C@@H]1OCc1ccccc1. The molecule has 0 saturated carbocycles. The van der Waals surface area contributed by atoms with Crippen molar-refractivity contribution in [2.24, 2.45) is 0 Å². The minimum Gasteiger partial charge on any atom is -0.374 e. The molecule has 7 heteroatoms. The van der Waals surface area contributed by atoms with E-state index >= 15 is 0 Å². The van der Waals surface area contributed by atoms with Crippen molar-refractivity contribution < 1.29 is 26.8 Å². The molecule has 0 N–H and O–H groups in total. The van der Waals surface area contributed by atoms with Crippen LogP contribution in [-0.2, 0) is 53.2 Å². The summed E-state index contributed by atoms with van der Waals surface area (Å²) in [6.07, 6.45) is -2.62. The van der Waals surface area contributed by atoms with Gasteiger partial charge in [-0.25, -0.2) is 0 Å². The van der Waals surface area contributed by atoms with E-state index in [0.717, 1.165) is 22.3 Å². The molecule has 6 nitrogen and oxygen atoms in total. The molecule has 0 unspecified atom stereocenters. The second-order valence-corrected chi connectivity index (χ2v) is 10.4. The number of halogens is 1. The van der Waals surface area contributed by atoms with E-state index in [-0.39, 0.29) is 0 Å². The van der Waals surface area contributed by atoms with E-state index in [2.05, 4.69) is 0 Å². The Balaban J connectivity index is 1.38. The zero-order valence-corrected chi connectivity index (χ0v) is 25.0. The molecule has 41 heavy (non-hydrogen) atoms. The molecule has 1 aliphatic rings. The van der Waals surface area contributed by atoms with Crippen LogP contribution >= 0.6 is 23.0 Å². The highest BCUT2D eigenvalue weighted by Crippen LogP contribution is 2.32. The van der Waals surface area contributed by atoms with Crippen LogP contribution in [0.15, 0.2) is 121 Å². The minimum atomic E-state index is -0.679. The van der Waals surface area contributed by atoms with E-state index in [1.54, 1.807) is 0 Å². The van der Waals surface area contributed by atoms with Gasteiger partial charge in [0.2, 0.25) is 0 Å². The zero-order chi connectivity index (χ0) is 28.1. The van der Waals surface area contributed by atoms with Gasteiger partial charge in [-0.3, -0.25) is 3.07 Å². The van der Waals surface area contributed by atoms with Crippen molar-refractivity contribution >= 4 is 23.0 Å². The van der Waals surface area contributed by atoms with E-state index in [1.807, 2.05) is 144 Å². The molecule has 5 rings (SSSR count). The Morgan fingerprint density at radius 2 is 0.878 bits per heavy atom. The van der Waals surface area contributed by atoms with E-state index < -0.39 is 30.7 Å². The lowest BCUT2D eigenvalue weighted by molar-refractivity contribution is -0.303. The molecule has 1 saturated heterocycles. The van der Waals surface area contributed by atoms with Crippen LogP contribution in [0.5, 0.6) is 0 Å². The van der Waals surface area contributed by atoms with E-state index in [4.69, 9.17) is 26.8 Å². The summed E-state index contributed by atoms with van der Waals surface area (Å²) in [5, 5.41) is 0. The smallest absolute Gasteiger partial charge is 0.198 e. The highest BCUT2D eigenvalue weighted by molar-refractivity contribution is 14.1. The first kappa shape index (κ1) is 29.8. The van der Waals surface area contributed by atoms with E-state index in [9.17, 15) is 0 Å². The second kappa shape index (κ2) is 16.1. The molecule has 4 aromatic carbocycles. The monoisotopic (exact) mass is 666 g/mol. The van der Waals surface area contributed by atoms with Gasteiger partial charge in [-0.1, -0.05) is 121 Å². The molecule has 0 aliphatic carbocycles. The van der Waals surface area contributed by atoms with Crippen LogP contribution in [0.1, 0.15) is 22.3 Å². The van der Waals surface area contributed by atoms with Crippen LogP contribution in [0.3, 0.4) is 0 Å². The van der Waals surface area contributed by atoms with Crippen molar-refractivity contribution in [3.8, 4) is 0 Å². The summed E-state index contributed by atoms with van der Waals surface area (Å²) in [7, 11) is 0. The van der Waals surface area contributed by atoms with Gasteiger partial charge in [0.1, 0.15) is 47.4 Å². The van der Waals surface area contributed by atoms with Gasteiger partial charge in [-0.2, -0.15) is 0 Å². The predicted molar refractivity (Wildman–Crippen MR) is 165 cm³/mol. The fourth-order valence-corrected chi connectivity index (χ4v) is 5.23. The van der Waals surface area contributed by atoms with Gasteiger partial charge in [0, 0.05) is 0 Å². The summed E-state index contributed by atoms with van der Waals surface area (Å²) in [6, 6.07) is 40.3. The molecule has 4 aromatic rings. The van der Waals surface area contributed by atoms with Crippen LogP contribution in [0.4, 0.5) is 0 Å². The highest BCUT2D eigenvalue weighted by Gasteiger charge is 2.49. The number of hydrogen-bond acceptors (Lipinski definition) is 6. The Labute approximate surface area is 256 Å². The maximum absolute atomic E-state index is 6.63. The van der Waals surface area contributed by atoms with E-state index in [1.165, 1.54) is 0 Å². The Hall–Kier alpha value is -2.63. The summed E-state index contributed by atoms with van der Waals surface area (Å²) >= 11 is 1.88. The molecule has 0 radical (unpaired) electrons. The summed E-state index contributed by atoms with van der Waals surface area (Å²) < 4.78 is 38.1. The van der Waals surface area contributed by atoms with Gasteiger partial charge in [-0.15, -0.1) is 0 Å². The highest BCUT2D eigenvalue weighted by atomic mass is 127. The third-order valence-electron chi connectivity index (χ3n) is 6.93. The van der Waals surface area contributed by atoms with Crippen LogP contribution < -0.4 is 0 Å². The Morgan fingerprint density at radius 3 is 1.32 bits per heavy atom. The molecule has 1 aliphatic heterocycles. The number of rotatable bonds is 14. The molecule has 0 amide bonds.